The Kier molecular flexibility index (Phi) is 6.29. The van der Waals surface area contributed by atoms with Gasteiger partial charge in [0.25, 0.3) is 0 Å². The van der Waals surface area contributed by atoms with Gasteiger partial charge in [-0.15, -0.1) is 0 Å². The van der Waals surface area contributed by atoms with Gasteiger partial charge in [-0.3, -0.25) is 4.79 Å². The van der Waals surface area contributed by atoms with E-state index in [1.807, 2.05) is 32.0 Å². The molecule has 1 N–H and O–H groups in total. The molecule has 0 unspecified atom stereocenters. The van der Waals surface area contributed by atoms with Crippen LogP contribution in [-0.4, -0.2) is 10.9 Å². The fraction of sp³-hybridized carbons (Fsp3) is 0.304. The summed E-state index contributed by atoms with van der Waals surface area (Å²) in [5, 5.41) is 2.79. The summed E-state index contributed by atoms with van der Waals surface area (Å²) in [6, 6.07) is 10.4. The zero-order valence-corrected chi connectivity index (χ0v) is 17.0. The predicted octanol–water partition coefficient (Wildman–Crippen LogP) is 5.79. The fourth-order valence-electron chi connectivity index (χ4n) is 3.03. The molecule has 1 aromatic heterocycles. The molecule has 0 aliphatic carbocycles. The number of hydrogen-bond acceptors (Lipinski definition) is 3. The molecule has 1 atom stereocenters. The molecule has 0 radical (unpaired) electrons. The number of aryl methyl sites for hydroxylation is 3. The van der Waals surface area contributed by atoms with Crippen molar-refractivity contribution in [1.82, 2.24) is 10.3 Å². The molecule has 4 nitrogen and oxygen atoms in total. The van der Waals surface area contributed by atoms with E-state index in [4.69, 9.17) is 4.42 Å². The average molecular weight is 416 g/mol. The summed E-state index contributed by atoms with van der Waals surface area (Å²) in [5.74, 6) is 0.875. The van der Waals surface area contributed by atoms with Gasteiger partial charge >= 0.3 is 6.18 Å². The zero-order valence-electron chi connectivity index (χ0n) is 17.0. The molecule has 0 fully saturated rings. The number of carbonyl (C=O) groups is 1. The van der Waals surface area contributed by atoms with Gasteiger partial charge in [-0.05, 0) is 55.7 Å². The first-order chi connectivity index (χ1) is 14.1. The minimum absolute atomic E-state index is 0.165. The molecule has 1 amide bonds. The number of alkyl halides is 3. The van der Waals surface area contributed by atoms with E-state index >= 15 is 0 Å². The molecule has 3 aromatic rings. The molecule has 7 heteroatoms. The summed E-state index contributed by atoms with van der Waals surface area (Å²) in [5.41, 5.74) is 3.16. The van der Waals surface area contributed by atoms with Crippen LogP contribution in [0.15, 0.2) is 53.1 Å². The summed E-state index contributed by atoms with van der Waals surface area (Å²) in [7, 11) is 0. The van der Waals surface area contributed by atoms with Gasteiger partial charge in [-0.2, -0.15) is 13.2 Å². The second kappa shape index (κ2) is 8.73. The van der Waals surface area contributed by atoms with Gasteiger partial charge in [-0.25, -0.2) is 4.98 Å². The number of nitrogens with one attached hydrogen (secondary N) is 1. The SMILES string of the molecule is Cc1ccc(-c2cnc(CCC(=O)N[C@@H](C)c3ccc(C(F)(F)F)cc3)o2)cc1C. The van der Waals surface area contributed by atoms with Crippen LogP contribution >= 0.6 is 0 Å². The lowest BCUT2D eigenvalue weighted by Gasteiger charge is -2.15. The predicted molar refractivity (Wildman–Crippen MR) is 108 cm³/mol. The second-order valence-electron chi connectivity index (χ2n) is 7.33. The van der Waals surface area contributed by atoms with E-state index < -0.39 is 17.8 Å². The van der Waals surface area contributed by atoms with Gasteiger partial charge in [0.1, 0.15) is 0 Å². The third-order valence-corrected chi connectivity index (χ3v) is 5.03. The van der Waals surface area contributed by atoms with Crippen molar-refractivity contribution in [3.8, 4) is 11.3 Å². The van der Waals surface area contributed by atoms with Crippen molar-refractivity contribution in [2.24, 2.45) is 0 Å². The highest BCUT2D eigenvalue weighted by Gasteiger charge is 2.30. The summed E-state index contributed by atoms with van der Waals surface area (Å²) >= 11 is 0. The first-order valence-electron chi connectivity index (χ1n) is 9.62. The van der Waals surface area contributed by atoms with Gasteiger partial charge in [-0.1, -0.05) is 24.3 Å². The van der Waals surface area contributed by atoms with E-state index in [0.717, 1.165) is 23.3 Å². The smallest absolute Gasteiger partial charge is 0.416 e. The van der Waals surface area contributed by atoms with Gasteiger partial charge in [0.15, 0.2) is 11.7 Å². The van der Waals surface area contributed by atoms with Crippen LogP contribution in [0.4, 0.5) is 13.2 Å². The van der Waals surface area contributed by atoms with Gasteiger partial charge < -0.3 is 9.73 Å². The molecule has 2 aromatic carbocycles. The van der Waals surface area contributed by atoms with Crippen LogP contribution in [0.25, 0.3) is 11.3 Å². The van der Waals surface area contributed by atoms with Crippen LogP contribution in [0, 0.1) is 13.8 Å². The maximum atomic E-state index is 12.7. The largest absolute Gasteiger partial charge is 0.441 e. The number of benzene rings is 2. The summed E-state index contributed by atoms with van der Waals surface area (Å²) in [4.78, 5) is 16.5. The van der Waals surface area contributed by atoms with Crippen molar-refractivity contribution in [2.75, 3.05) is 0 Å². The van der Waals surface area contributed by atoms with E-state index in [1.165, 1.54) is 17.7 Å². The van der Waals surface area contributed by atoms with E-state index in [2.05, 4.69) is 10.3 Å². The van der Waals surface area contributed by atoms with Crippen molar-refractivity contribution in [2.45, 2.75) is 45.8 Å². The summed E-state index contributed by atoms with van der Waals surface area (Å²) < 4.78 is 43.7. The third kappa shape index (κ3) is 5.28. The number of aromatic nitrogens is 1. The monoisotopic (exact) mass is 416 g/mol. The molecule has 0 bridgehead atoms. The molecule has 0 saturated heterocycles. The number of hydrogen-bond donors (Lipinski definition) is 1. The molecule has 3 rings (SSSR count). The molecule has 0 spiro atoms. The first kappa shape index (κ1) is 21.6. The molecule has 0 saturated carbocycles. The quantitative estimate of drug-likeness (QED) is 0.554. The summed E-state index contributed by atoms with van der Waals surface area (Å²) in [6.07, 6.45) is -2.24. The lowest BCUT2D eigenvalue weighted by atomic mass is 10.1. The number of halogens is 3. The molecular weight excluding hydrogens is 393 g/mol. The van der Waals surface area contributed by atoms with Crippen LogP contribution in [0.3, 0.4) is 0 Å². The Morgan fingerprint density at radius 3 is 2.43 bits per heavy atom. The Hall–Kier alpha value is -3.09. The molecule has 0 aliphatic rings. The Labute approximate surface area is 173 Å². The van der Waals surface area contributed by atoms with Crippen molar-refractivity contribution < 1.29 is 22.4 Å². The average Bonchev–Trinajstić information content (AvgIpc) is 3.17. The Morgan fingerprint density at radius 2 is 1.80 bits per heavy atom. The van der Waals surface area contributed by atoms with E-state index in [0.29, 0.717) is 23.6 Å². The first-order valence-corrected chi connectivity index (χ1v) is 9.62. The molecular formula is C23H23F3N2O2. The van der Waals surface area contributed by atoms with Crippen molar-refractivity contribution in [3.63, 3.8) is 0 Å². The van der Waals surface area contributed by atoms with E-state index in [9.17, 15) is 18.0 Å². The van der Waals surface area contributed by atoms with Crippen LogP contribution in [-0.2, 0) is 17.4 Å². The van der Waals surface area contributed by atoms with Crippen LogP contribution < -0.4 is 5.32 Å². The van der Waals surface area contributed by atoms with E-state index in [1.54, 1.807) is 13.1 Å². The highest BCUT2D eigenvalue weighted by molar-refractivity contribution is 5.76. The maximum Gasteiger partial charge on any atom is 0.416 e. The van der Waals surface area contributed by atoms with Crippen molar-refractivity contribution in [1.29, 1.82) is 0 Å². The van der Waals surface area contributed by atoms with E-state index in [-0.39, 0.29) is 12.3 Å². The number of carbonyl (C=O) groups excluding carboxylic acids is 1. The maximum absolute atomic E-state index is 12.7. The normalized spacial score (nSPS) is 12.6. The van der Waals surface area contributed by atoms with Crippen LogP contribution in [0.1, 0.15) is 47.5 Å². The standard InChI is InChI=1S/C23H23F3N2O2/c1-14-4-5-18(12-15(14)2)20-13-27-22(30-20)11-10-21(29)28-16(3)17-6-8-19(9-7-17)23(24,25)26/h4-9,12-13,16H,10-11H2,1-3H3,(H,28,29)/t16-/m0/s1. The lowest BCUT2D eigenvalue weighted by molar-refractivity contribution is -0.137. The Bertz CT molecular complexity index is 1020. The number of amides is 1. The molecule has 30 heavy (non-hydrogen) atoms. The zero-order chi connectivity index (χ0) is 21.9. The number of oxazole rings is 1. The van der Waals surface area contributed by atoms with Crippen LogP contribution in [0.2, 0.25) is 0 Å². The molecule has 158 valence electrons. The lowest BCUT2D eigenvalue weighted by Crippen LogP contribution is -2.26. The van der Waals surface area contributed by atoms with Crippen molar-refractivity contribution >= 4 is 5.91 Å². The molecule has 1 heterocycles. The van der Waals surface area contributed by atoms with Gasteiger partial charge in [0.2, 0.25) is 5.91 Å². The third-order valence-electron chi connectivity index (χ3n) is 5.03. The van der Waals surface area contributed by atoms with Gasteiger partial charge in [0, 0.05) is 18.4 Å². The number of rotatable bonds is 6. The highest BCUT2D eigenvalue weighted by atomic mass is 19.4. The topological polar surface area (TPSA) is 55.1 Å². The second-order valence-corrected chi connectivity index (χ2v) is 7.33. The molecule has 0 aliphatic heterocycles. The minimum Gasteiger partial charge on any atom is -0.441 e. The fourth-order valence-corrected chi connectivity index (χ4v) is 3.03. The Balaban J connectivity index is 1.54. The minimum atomic E-state index is -4.38. The van der Waals surface area contributed by atoms with Crippen molar-refractivity contribution in [3.05, 3.63) is 76.8 Å². The number of nitrogens with zero attached hydrogens (tertiary/aromatic N) is 1. The highest BCUT2D eigenvalue weighted by Crippen LogP contribution is 2.30. The van der Waals surface area contributed by atoms with Gasteiger partial charge in [0.05, 0.1) is 17.8 Å². The Morgan fingerprint density at radius 1 is 1.10 bits per heavy atom. The van der Waals surface area contributed by atoms with Crippen LogP contribution in [0.5, 0.6) is 0 Å². The summed E-state index contributed by atoms with van der Waals surface area (Å²) in [6.45, 7) is 5.79.